The van der Waals surface area contributed by atoms with Gasteiger partial charge in [-0.25, -0.2) is 0 Å². The van der Waals surface area contributed by atoms with Crippen LogP contribution in [0.2, 0.25) is 0 Å². The molecular weight excluding hydrogens is 464 g/mol. The number of hydrogen-bond donors (Lipinski definition) is 0. The Labute approximate surface area is 212 Å². The van der Waals surface area contributed by atoms with Crippen molar-refractivity contribution < 1.29 is 9.59 Å². The third-order valence-electron chi connectivity index (χ3n) is 6.95. The summed E-state index contributed by atoms with van der Waals surface area (Å²) < 4.78 is 0. The molecule has 1 aliphatic carbocycles. The number of anilines is 5. The van der Waals surface area contributed by atoms with Crippen LogP contribution >= 0.6 is 11.3 Å². The second-order valence-corrected chi connectivity index (χ2v) is 10.1. The number of carbonyl (C=O) groups excluding carboxylic acids is 2. The third-order valence-corrected chi connectivity index (χ3v) is 7.97. The van der Waals surface area contributed by atoms with Crippen LogP contribution < -0.4 is 9.80 Å². The molecule has 4 nitrogen and oxygen atoms in total. The molecule has 0 saturated carbocycles. The molecule has 172 valence electrons. The Kier molecular flexibility index (Phi) is 4.50. The van der Waals surface area contributed by atoms with Crippen LogP contribution in [0.3, 0.4) is 0 Å². The zero-order valence-corrected chi connectivity index (χ0v) is 20.3. The maximum Gasteiger partial charge on any atom is 0.197 e. The van der Waals surface area contributed by atoms with Crippen molar-refractivity contribution in [1.82, 2.24) is 0 Å². The van der Waals surface area contributed by atoms with Crippen molar-refractivity contribution in [3.63, 3.8) is 0 Å². The molecule has 36 heavy (non-hydrogen) atoms. The number of benzene rings is 4. The number of allylic oxidation sites excluding steroid dienone is 1. The number of Topliss-reactive ketones (excluding diaryl/α,β-unsaturated/α-hetero) is 2. The van der Waals surface area contributed by atoms with E-state index in [1.807, 2.05) is 66.7 Å². The average Bonchev–Trinajstić information content (AvgIpc) is 3.46. The normalized spacial score (nSPS) is 14.2. The minimum absolute atomic E-state index is 0.203. The van der Waals surface area contributed by atoms with Crippen molar-refractivity contribution >= 4 is 67.5 Å². The molecule has 0 bridgehead atoms. The van der Waals surface area contributed by atoms with Crippen molar-refractivity contribution in [1.29, 1.82) is 0 Å². The van der Waals surface area contributed by atoms with Crippen molar-refractivity contribution in [2.75, 3.05) is 16.8 Å². The molecule has 0 amide bonds. The van der Waals surface area contributed by atoms with Crippen molar-refractivity contribution in [2.24, 2.45) is 0 Å². The molecule has 0 N–H and O–H groups in total. The van der Waals surface area contributed by atoms with E-state index < -0.39 is 0 Å². The summed E-state index contributed by atoms with van der Waals surface area (Å²) in [7, 11) is 2.08. The van der Waals surface area contributed by atoms with E-state index in [-0.39, 0.29) is 17.1 Å². The van der Waals surface area contributed by atoms with Gasteiger partial charge in [-0.15, -0.1) is 11.3 Å². The summed E-state index contributed by atoms with van der Waals surface area (Å²) in [5.41, 5.74) is 5.63. The summed E-state index contributed by atoms with van der Waals surface area (Å²) in [6.07, 6.45) is 1.75. The van der Waals surface area contributed by atoms with Crippen LogP contribution in [-0.4, -0.2) is 18.6 Å². The molecule has 0 fully saturated rings. The molecule has 0 spiro atoms. The van der Waals surface area contributed by atoms with Gasteiger partial charge in [0.25, 0.3) is 0 Å². The number of thiophene rings is 1. The highest BCUT2D eigenvalue weighted by Crippen LogP contribution is 2.52. The fourth-order valence-corrected chi connectivity index (χ4v) is 6.17. The molecular formula is C31H20N2O2S. The quantitative estimate of drug-likeness (QED) is 0.189. The van der Waals surface area contributed by atoms with E-state index in [4.69, 9.17) is 0 Å². The van der Waals surface area contributed by atoms with Gasteiger partial charge in [0.05, 0.1) is 28.3 Å². The lowest BCUT2D eigenvalue weighted by Crippen LogP contribution is -2.23. The number of hydrogen-bond acceptors (Lipinski definition) is 5. The SMILES string of the molecule is CN1c2ccccc2N(c2ccc(C=C3C(=O)c4cc5ccccc5cc4C3=O)s2)c2ccccc21. The number of rotatable bonds is 2. The monoisotopic (exact) mass is 484 g/mol. The number of ketones is 2. The fourth-order valence-electron chi connectivity index (χ4n) is 5.19. The van der Waals surface area contributed by atoms with Gasteiger partial charge in [0.2, 0.25) is 0 Å². The van der Waals surface area contributed by atoms with E-state index >= 15 is 0 Å². The minimum atomic E-state index is -0.203. The van der Waals surface area contributed by atoms with E-state index in [9.17, 15) is 9.59 Å². The Bertz CT molecular complexity index is 1660. The Hall–Kier alpha value is -4.48. The number of carbonyl (C=O) groups is 2. The zero-order chi connectivity index (χ0) is 24.4. The molecule has 0 radical (unpaired) electrons. The lowest BCUT2D eigenvalue weighted by atomic mass is 10.0. The van der Waals surface area contributed by atoms with Gasteiger partial charge in [-0.1, -0.05) is 48.5 Å². The van der Waals surface area contributed by atoms with Crippen molar-refractivity contribution in [2.45, 2.75) is 0 Å². The summed E-state index contributed by atoms with van der Waals surface area (Å²) in [6.45, 7) is 0. The number of para-hydroxylation sites is 4. The Morgan fingerprint density at radius 1 is 0.639 bits per heavy atom. The molecule has 5 heteroatoms. The topological polar surface area (TPSA) is 40.6 Å². The van der Waals surface area contributed by atoms with E-state index in [1.54, 1.807) is 17.4 Å². The molecule has 2 aliphatic rings. The highest BCUT2D eigenvalue weighted by molar-refractivity contribution is 7.17. The van der Waals surface area contributed by atoms with Crippen LogP contribution in [0.15, 0.2) is 103 Å². The second kappa shape index (κ2) is 7.77. The predicted octanol–water partition coefficient (Wildman–Crippen LogP) is 7.92. The first-order chi connectivity index (χ1) is 17.6. The maximum atomic E-state index is 13.2. The molecule has 0 unspecified atom stereocenters. The molecule has 5 aromatic rings. The van der Waals surface area contributed by atoms with Crippen LogP contribution in [0.4, 0.5) is 27.8 Å². The average molecular weight is 485 g/mol. The zero-order valence-electron chi connectivity index (χ0n) is 19.4. The number of nitrogens with zero attached hydrogens (tertiary/aromatic N) is 2. The largest absolute Gasteiger partial charge is 0.341 e. The lowest BCUT2D eigenvalue weighted by Gasteiger charge is -2.37. The first-order valence-corrected chi connectivity index (χ1v) is 12.6. The summed E-state index contributed by atoms with van der Waals surface area (Å²) in [4.78, 5) is 31.8. The molecule has 7 rings (SSSR count). The van der Waals surface area contributed by atoms with Gasteiger partial charge in [0.1, 0.15) is 5.00 Å². The lowest BCUT2D eigenvalue weighted by molar-refractivity contribution is 0.0990. The van der Waals surface area contributed by atoms with Crippen LogP contribution in [0.25, 0.3) is 16.8 Å². The van der Waals surface area contributed by atoms with Gasteiger partial charge in [-0.05, 0) is 65.4 Å². The maximum absolute atomic E-state index is 13.2. The fraction of sp³-hybridized carbons (Fsp3) is 0.0323. The van der Waals surface area contributed by atoms with Gasteiger partial charge >= 0.3 is 0 Å². The van der Waals surface area contributed by atoms with Gasteiger partial charge in [-0.3, -0.25) is 14.5 Å². The van der Waals surface area contributed by atoms with Gasteiger partial charge in [0.15, 0.2) is 11.6 Å². The summed E-state index contributed by atoms with van der Waals surface area (Å²) >= 11 is 1.57. The van der Waals surface area contributed by atoms with Gasteiger partial charge < -0.3 is 4.90 Å². The van der Waals surface area contributed by atoms with Crippen LogP contribution in [-0.2, 0) is 0 Å². The molecule has 0 atom stereocenters. The van der Waals surface area contributed by atoms with E-state index in [0.29, 0.717) is 11.1 Å². The highest BCUT2D eigenvalue weighted by atomic mass is 32.1. The summed E-state index contributed by atoms with van der Waals surface area (Å²) in [5, 5.41) is 2.95. The van der Waals surface area contributed by atoms with E-state index in [2.05, 4.69) is 47.2 Å². The summed E-state index contributed by atoms with van der Waals surface area (Å²) in [5.74, 6) is -0.406. The smallest absolute Gasteiger partial charge is 0.197 e. The van der Waals surface area contributed by atoms with E-state index in [0.717, 1.165) is 43.4 Å². The predicted molar refractivity (Wildman–Crippen MR) is 148 cm³/mol. The van der Waals surface area contributed by atoms with E-state index in [1.165, 1.54) is 0 Å². The van der Waals surface area contributed by atoms with Crippen LogP contribution in [0.5, 0.6) is 0 Å². The van der Waals surface area contributed by atoms with Crippen molar-refractivity contribution in [3.8, 4) is 0 Å². The Morgan fingerprint density at radius 3 is 1.69 bits per heavy atom. The molecule has 1 aliphatic heterocycles. The molecule has 2 heterocycles. The number of fused-ring (bicyclic) bond motifs is 4. The minimum Gasteiger partial charge on any atom is -0.341 e. The van der Waals surface area contributed by atoms with Crippen LogP contribution in [0, 0.1) is 0 Å². The highest BCUT2D eigenvalue weighted by Gasteiger charge is 2.34. The third kappa shape index (κ3) is 3.00. The second-order valence-electron chi connectivity index (χ2n) is 9.01. The Balaban J connectivity index is 1.30. The van der Waals surface area contributed by atoms with Crippen LogP contribution in [0.1, 0.15) is 25.6 Å². The van der Waals surface area contributed by atoms with Gasteiger partial charge in [-0.2, -0.15) is 0 Å². The standard InChI is InChI=1S/C31H20N2O2S/c1-32-25-10-4-6-12-27(25)33(28-13-7-5-11-26(28)32)29-15-14-21(36-29)18-24-30(34)22-16-19-8-2-3-9-20(19)17-23(22)31(24)35/h2-18H,1H3. The van der Waals surface area contributed by atoms with Crippen molar-refractivity contribution in [3.05, 3.63) is 119 Å². The Morgan fingerprint density at radius 2 is 1.14 bits per heavy atom. The first-order valence-electron chi connectivity index (χ1n) is 11.8. The van der Waals surface area contributed by atoms with Gasteiger partial charge in [0, 0.05) is 23.1 Å². The molecule has 1 aromatic heterocycles. The molecule has 0 saturated heterocycles. The molecule has 4 aromatic carbocycles. The first kappa shape index (κ1) is 20.9. The summed E-state index contributed by atoms with van der Waals surface area (Å²) in [6, 6.07) is 32.2.